The summed E-state index contributed by atoms with van der Waals surface area (Å²) < 4.78 is 2.03. The van der Waals surface area contributed by atoms with Gasteiger partial charge in [0, 0.05) is 6.54 Å². The topological polar surface area (TPSA) is 116 Å². The van der Waals surface area contributed by atoms with Gasteiger partial charge < -0.3 is 10.3 Å². The van der Waals surface area contributed by atoms with Crippen LogP contribution in [0.1, 0.15) is 6.92 Å². The summed E-state index contributed by atoms with van der Waals surface area (Å²) in [6.45, 7) is 2.90. The molecule has 2 rings (SSSR count). The molecule has 0 aliphatic carbocycles. The van der Waals surface area contributed by atoms with Gasteiger partial charge in [-0.3, -0.25) is 10.8 Å². The third kappa shape index (κ3) is 2.52. The van der Waals surface area contributed by atoms with Gasteiger partial charge in [0.1, 0.15) is 6.07 Å². The van der Waals surface area contributed by atoms with Crippen molar-refractivity contribution in [2.24, 2.45) is 10.8 Å². The highest BCUT2D eigenvalue weighted by Gasteiger charge is 2.03. The van der Waals surface area contributed by atoms with Crippen LogP contribution in [0.3, 0.4) is 0 Å². The van der Waals surface area contributed by atoms with Crippen LogP contribution in [0.2, 0.25) is 0 Å². The fourth-order valence-electron chi connectivity index (χ4n) is 1.65. The van der Waals surface area contributed by atoms with E-state index in [1.54, 1.807) is 12.4 Å². The van der Waals surface area contributed by atoms with Gasteiger partial charge in [-0.05, 0) is 25.1 Å². The zero-order valence-electron chi connectivity index (χ0n) is 10.4. The Hall–Kier alpha value is -2.88. The molecule has 0 saturated heterocycles. The standard InChI is InChI=1S/C12H13N7/c1-2-19-7-16-9-5-8(3-4-11(9)19)17-18-10(6-13)12(14)15/h3-5,7,17H,2H2,1H3,(H3,14,15)/b18-10+. The van der Waals surface area contributed by atoms with Gasteiger partial charge >= 0.3 is 0 Å². The fraction of sp³-hybridized carbons (Fsp3) is 0.167. The van der Waals surface area contributed by atoms with E-state index < -0.39 is 0 Å². The van der Waals surface area contributed by atoms with Crippen LogP contribution in [-0.2, 0) is 6.54 Å². The Kier molecular flexibility index (Phi) is 3.43. The summed E-state index contributed by atoms with van der Waals surface area (Å²) in [5.41, 5.74) is 10.3. The van der Waals surface area contributed by atoms with Gasteiger partial charge in [0.2, 0.25) is 5.71 Å². The molecule has 1 heterocycles. The van der Waals surface area contributed by atoms with Crippen molar-refractivity contribution in [3.63, 3.8) is 0 Å². The number of nitrogens with two attached hydrogens (primary N) is 1. The van der Waals surface area contributed by atoms with Crippen molar-refractivity contribution >= 4 is 28.3 Å². The summed E-state index contributed by atoms with van der Waals surface area (Å²) in [4.78, 5) is 4.28. The van der Waals surface area contributed by atoms with Crippen LogP contribution in [-0.4, -0.2) is 21.1 Å². The van der Waals surface area contributed by atoms with Crippen molar-refractivity contribution in [1.82, 2.24) is 9.55 Å². The minimum absolute atomic E-state index is 0.154. The number of amidine groups is 1. The number of fused-ring (bicyclic) bond motifs is 1. The van der Waals surface area contributed by atoms with E-state index in [0.717, 1.165) is 17.6 Å². The van der Waals surface area contributed by atoms with Crippen molar-refractivity contribution in [2.45, 2.75) is 13.5 Å². The van der Waals surface area contributed by atoms with Crippen LogP contribution in [0.4, 0.5) is 5.69 Å². The minimum atomic E-state index is -0.369. The molecule has 0 bridgehead atoms. The number of hydrogen-bond donors (Lipinski definition) is 3. The Morgan fingerprint density at radius 1 is 1.63 bits per heavy atom. The molecule has 0 unspecified atom stereocenters. The minimum Gasteiger partial charge on any atom is -0.382 e. The maximum absolute atomic E-state index is 8.72. The van der Waals surface area contributed by atoms with Gasteiger partial charge in [0.05, 0.1) is 23.0 Å². The van der Waals surface area contributed by atoms with Crippen molar-refractivity contribution in [2.75, 3.05) is 5.43 Å². The van der Waals surface area contributed by atoms with Crippen molar-refractivity contribution in [3.05, 3.63) is 24.5 Å². The number of benzene rings is 1. The van der Waals surface area contributed by atoms with E-state index in [1.165, 1.54) is 0 Å². The van der Waals surface area contributed by atoms with E-state index in [4.69, 9.17) is 16.4 Å². The monoisotopic (exact) mass is 255 g/mol. The zero-order valence-corrected chi connectivity index (χ0v) is 10.4. The van der Waals surface area contributed by atoms with Crippen LogP contribution in [0.15, 0.2) is 29.6 Å². The molecule has 1 aromatic carbocycles. The third-order valence-electron chi connectivity index (χ3n) is 2.62. The van der Waals surface area contributed by atoms with Crippen LogP contribution < -0.4 is 11.2 Å². The van der Waals surface area contributed by atoms with E-state index in [9.17, 15) is 0 Å². The largest absolute Gasteiger partial charge is 0.382 e. The molecular formula is C12H13N7. The Bertz CT molecular complexity index is 690. The first-order valence-electron chi connectivity index (χ1n) is 5.68. The first-order chi connectivity index (χ1) is 9.15. The zero-order chi connectivity index (χ0) is 13.8. The lowest BCUT2D eigenvalue weighted by molar-refractivity contribution is 0.787. The van der Waals surface area contributed by atoms with Crippen molar-refractivity contribution in [3.8, 4) is 6.07 Å². The van der Waals surface area contributed by atoms with E-state index >= 15 is 0 Å². The lowest BCUT2D eigenvalue weighted by Gasteiger charge is -2.02. The second kappa shape index (κ2) is 5.18. The Morgan fingerprint density at radius 3 is 3.05 bits per heavy atom. The first-order valence-corrected chi connectivity index (χ1v) is 5.68. The van der Waals surface area contributed by atoms with Crippen LogP contribution in [0.25, 0.3) is 11.0 Å². The molecule has 0 atom stereocenters. The predicted octanol–water partition coefficient (Wildman–Crippen LogP) is 1.28. The van der Waals surface area contributed by atoms with Gasteiger partial charge in [0.25, 0.3) is 0 Å². The van der Waals surface area contributed by atoms with E-state index in [-0.39, 0.29) is 11.5 Å². The highest BCUT2D eigenvalue weighted by Crippen LogP contribution is 2.18. The lowest BCUT2D eigenvalue weighted by atomic mass is 10.3. The number of aryl methyl sites for hydroxylation is 1. The number of rotatable bonds is 4. The molecule has 7 nitrogen and oxygen atoms in total. The summed E-state index contributed by atoms with van der Waals surface area (Å²) in [7, 11) is 0. The van der Waals surface area contributed by atoms with Crippen LogP contribution >= 0.6 is 0 Å². The second-order valence-corrected chi connectivity index (χ2v) is 3.83. The van der Waals surface area contributed by atoms with E-state index in [0.29, 0.717) is 5.69 Å². The van der Waals surface area contributed by atoms with Crippen LogP contribution in [0.5, 0.6) is 0 Å². The smallest absolute Gasteiger partial charge is 0.201 e. The van der Waals surface area contributed by atoms with Gasteiger partial charge in [0.15, 0.2) is 5.84 Å². The summed E-state index contributed by atoms with van der Waals surface area (Å²) in [5.74, 6) is -0.369. The molecule has 0 spiro atoms. The van der Waals surface area contributed by atoms with Crippen LogP contribution in [0, 0.1) is 16.7 Å². The van der Waals surface area contributed by atoms with Gasteiger partial charge in [-0.1, -0.05) is 0 Å². The number of anilines is 1. The SMILES string of the molecule is CCn1cnc2cc(N/N=C(\C#N)C(=N)N)ccc21. The van der Waals surface area contributed by atoms with E-state index in [2.05, 4.69) is 15.5 Å². The molecule has 0 amide bonds. The summed E-state index contributed by atoms with van der Waals surface area (Å²) in [6.07, 6.45) is 1.77. The average molecular weight is 255 g/mol. The molecule has 0 aliphatic rings. The predicted molar refractivity (Wildman–Crippen MR) is 74.0 cm³/mol. The molecule has 0 saturated carbocycles. The molecule has 0 fully saturated rings. The summed E-state index contributed by atoms with van der Waals surface area (Å²) >= 11 is 0. The third-order valence-corrected chi connectivity index (χ3v) is 2.62. The molecule has 2 aromatic rings. The normalized spacial score (nSPS) is 11.3. The number of hydrazone groups is 1. The second-order valence-electron chi connectivity index (χ2n) is 3.83. The number of nitrogens with one attached hydrogen (secondary N) is 2. The molecular weight excluding hydrogens is 242 g/mol. The molecule has 19 heavy (non-hydrogen) atoms. The number of hydrogen-bond acceptors (Lipinski definition) is 5. The summed E-state index contributed by atoms with van der Waals surface area (Å²) in [6, 6.07) is 7.31. The molecule has 4 N–H and O–H groups in total. The maximum atomic E-state index is 8.72. The number of imidazole rings is 1. The molecule has 0 radical (unpaired) electrons. The Balaban J connectivity index is 2.28. The van der Waals surface area contributed by atoms with E-state index in [1.807, 2.05) is 29.7 Å². The van der Waals surface area contributed by atoms with Crippen molar-refractivity contribution < 1.29 is 0 Å². The lowest BCUT2D eigenvalue weighted by Crippen LogP contribution is -2.21. The highest BCUT2D eigenvalue weighted by molar-refractivity contribution is 6.45. The Morgan fingerprint density at radius 2 is 2.42 bits per heavy atom. The van der Waals surface area contributed by atoms with Gasteiger partial charge in [-0.15, -0.1) is 0 Å². The number of nitrogens with zero attached hydrogens (tertiary/aromatic N) is 4. The Labute approximate surface area is 109 Å². The summed E-state index contributed by atoms with van der Waals surface area (Å²) in [5, 5.41) is 19.6. The highest BCUT2D eigenvalue weighted by atomic mass is 15.3. The number of nitriles is 1. The quantitative estimate of drug-likeness (QED) is 0.433. The average Bonchev–Trinajstić information content (AvgIpc) is 2.81. The van der Waals surface area contributed by atoms with Crippen molar-refractivity contribution in [1.29, 1.82) is 10.7 Å². The molecule has 7 heteroatoms. The fourth-order valence-corrected chi connectivity index (χ4v) is 1.65. The molecule has 1 aromatic heterocycles. The van der Waals surface area contributed by atoms with Gasteiger partial charge in [-0.2, -0.15) is 10.4 Å². The number of aromatic nitrogens is 2. The first kappa shape index (κ1) is 12.6. The molecule has 0 aliphatic heterocycles. The van der Waals surface area contributed by atoms with Gasteiger partial charge in [-0.25, -0.2) is 4.98 Å². The maximum Gasteiger partial charge on any atom is 0.201 e. The molecule has 96 valence electrons.